The van der Waals surface area contributed by atoms with Gasteiger partial charge in [-0.3, -0.25) is 4.79 Å². The van der Waals surface area contributed by atoms with Gasteiger partial charge in [0.1, 0.15) is 11.6 Å². The smallest absolute Gasteiger partial charge is 0.253 e. The summed E-state index contributed by atoms with van der Waals surface area (Å²) < 4.78 is 13.1. The second-order valence-corrected chi connectivity index (χ2v) is 6.39. The van der Waals surface area contributed by atoms with Gasteiger partial charge in [0, 0.05) is 37.0 Å². The summed E-state index contributed by atoms with van der Waals surface area (Å²) in [6.45, 7) is 1.23. The molecule has 0 unspecified atom stereocenters. The molecule has 0 radical (unpaired) electrons. The quantitative estimate of drug-likeness (QED) is 0.769. The molecule has 1 aromatic carbocycles. The third-order valence-electron chi connectivity index (χ3n) is 4.57. The van der Waals surface area contributed by atoms with Crippen LogP contribution >= 0.6 is 0 Å². The van der Waals surface area contributed by atoms with Gasteiger partial charge in [0.2, 0.25) is 5.95 Å². The predicted octanol–water partition coefficient (Wildman–Crippen LogP) is 3.38. The highest BCUT2D eigenvalue weighted by Gasteiger charge is 2.29. The maximum Gasteiger partial charge on any atom is 0.253 e. The van der Waals surface area contributed by atoms with E-state index >= 15 is 0 Å². The summed E-state index contributed by atoms with van der Waals surface area (Å²) in [5.74, 6) is 0.864. The molecule has 2 aromatic heterocycles. The van der Waals surface area contributed by atoms with Gasteiger partial charge >= 0.3 is 0 Å². The first kappa shape index (κ1) is 17.1. The monoisotopic (exact) mass is 363 g/mol. The minimum absolute atomic E-state index is 0.0848. The minimum atomic E-state index is -0.347. The molecule has 1 aliphatic heterocycles. The Morgan fingerprint density at radius 3 is 2.70 bits per heavy atom. The van der Waals surface area contributed by atoms with Gasteiger partial charge in [-0.15, -0.1) is 0 Å². The van der Waals surface area contributed by atoms with Crippen molar-refractivity contribution in [1.29, 1.82) is 0 Å². The number of halogens is 1. The van der Waals surface area contributed by atoms with Crippen LogP contribution in [0.15, 0.2) is 60.9 Å². The number of carbonyl (C=O) groups excluding carboxylic acids is 1. The molecule has 3 aromatic rings. The Morgan fingerprint density at radius 2 is 1.93 bits per heavy atom. The van der Waals surface area contributed by atoms with Gasteiger partial charge in [-0.05, 0) is 48.9 Å². The van der Waals surface area contributed by atoms with E-state index < -0.39 is 0 Å². The van der Waals surface area contributed by atoms with Crippen LogP contribution in [0.1, 0.15) is 28.4 Å². The Labute approximate surface area is 156 Å². The average molecular weight is 363 g/mol. The Balaban J connectivity index is 1.45. The number of carbonyl (C=O) groups is 1. The first-order valence-corrected chi connectivity index (χ1v) is 8.75. The number of amides is 1. The lowest BCUT2D eigenvalue weighted by Crippen LogP contribution is -2.28. The van der Waals surface area contributed by atoms with Crippen molar-refractivity contribution >= 4 is 17.7 Å². The van der Waals surface area contributed by atoms with Gasteiger partial charge in [-0.25, -0.2) is 19.3 Å². The zero-order chi connectivity index (χ0) is 18.6. The molecule has 0 bridgehead atoms. The molecule has 1 saturated heterocycles. The number of likely N-dealkylation sites (tertiary alicyclic amines) is 1. The molecule has 3 heterocycles. The van der Waals surface area contributed by atoms with Crippen LogP contribution < -0.4 is 5.32 Å². The molecule has 0 aliphatic carbocycles. The van der Waals surface area contributed by atoms with Gasteiger partial charge in [0.15, 0.2) is 0 Å². The molecule has 7 heteroatoms. The Morgan fingerprint density at radius 1 is 1.07 bits per heavy atom. The first-order chi connectivity index (χ1) is 13.2. The lowest BCUT2D eigenvalue weighted by atomic mass is 10.1. The largest absolute Gasteiger partial charge is 0.338 e. The molecule has 4 rings (SSSR count). The van der Waals surface area contributed by atoms with E-state index in [1.807, 2.05) is 24.3 Å². The van der Waals surface area contributed by atoms with E-state index in [4.69, 9.17) is 0 Å². The van der Waals surface area contributed by atoms with Crippen molar-refractivity contribution in [3.05, 3.63) is 78.0 Å². The summed E-state index contributed by atoms with van der Waals surface area (Å²) in [5.41, 5.74) is 1.38. The molecule has 27 heavy (non-hydrogen) atoms. The molecule has 1 fully saturated rings. The van der Waals surface area contributed by atoms with Crippen LogP contribution in [0.3, 0.4) is 0 Å². The van der Waals surface area contributed by atoms with E-state index in [0.717, 1.165) is 12.1 Å². The maximum atomic E-state index is 13.1. The highest BCUT2D eigenvalue weighted by atomic mass is 19.1. The van der Waals surface area contributed by atoms with Crippen LogP contribution in [-0.4, -0.2) is 38.8 Å². The topological polar surface area (TPSA) is 71.0 Å². The molecule has 136 valence electrons. The van der Waals surface area contributed by atoms with Gasteiger partial charge in [0.05, 0.1) is 5.69 Å². The molecule has 6 nitrogen and oxygen atoms in total. The lowest BCUT2D eigenvalue weighted by molar-refractivity contribution is 0.0790. The highest BCUT2D eigenvalue weighted by Crippen LogP contribution is 2.27. The Hall–Kier alpha value is -3.35. The zero-order valence-electron chi connectivity index (χ0n) is 14.5. The first-order valence-electron chi connectivity index (χ1n) is 8.75. The summed E-state index contributed by atoms with van der Waals surface area (Å²) in [4.78, 5) is 27.4. The van der Waals surface area contributed by atoms with Crippen molar-refractivity contribution in [3.63, 3.8) is 0 Å². The van der Waals surface area contributed by atoms with Gasteiger partial charge in [-0.1, -0.05) is 6.07 Å². The van der Waals surface area contributed by atoms with E-state index in [9.17, 15) is 9.18 Å². The SMILES string of the molecule is O=C(c1ccc(F)cc1)N1CC[C@@H](c2ccnc(Nc3ccccn3)n2)C1. The lowest BCUT2D eigenvalue weighted by Gasteiger charge is -2.16. The third-order valence-corrected chi connectivity index (χ3v) is 4.57. The highest BCUT2D eigenvalue weighted by molar-refractivity contribution is 5.94. The van der Waals surface area contributed by atoms with E-state index in [2.05, 4.69) is 20.3 Å². The van der Waals surface area contributed by atoms with Gasteiger partial charge in [0.25, 0.3) is 5.91 Å². The van der Waals surface area contributed by atoms with E-state index in [-0.39, 0.29) is 17.6 Å². The number of hydrogen-bond acceptors (Lipinski definition) is 5. The summed E-state index contributed by atoms with van der Waals surface area (Å²) >= 11 is 0. The van der Waals surface area contributed by atoms with E-state index in [1.54, 1.807) is 17.3 Å². The van der Waals surface area contributed by atoms with Crippen LogP contribution in [0.2, 0.25) is 0 Å². The van der Waals surface area contributed by atoms with Crippen molar-refractivity contribution in [1.82, 2.24) is 19.9 Å². The van der Waals surface area contributed by atoms with Crippen molar-refractivity contribution in [2.75, 3.05) is 18.4 Å². The average Bonchev–Trinajstić information content (AvgIpc) is 3.19. The molecule has 0 spiro atoms. The fourth-order valence-electron chi connectivity index (χ4n) is 3.17. The standard InChI is InChI=1S/C20H18FN5O/c21-16-6-4-14(5-7-16)19(27)26-12-9-15(13-26)17-8-11-23-20(24-17)25-18-3-1-2-10-22-18/h1-8,10-11,15H,9,12-13H2,(H,22,23,24,25)/t15-/m1/s1. The molecule has 1 aliphatic rings. The number of aromatic nitrogens is 3. The predicted molar refractivity (Wildman–Crippen MR) is 99.2 cm³/mol. The molecular weight excluding hydrogens is 345 g/mol. The van der Waals surface area contributed by atoms with Crippen molar-refractivity contribution in [3.8, 4) is 0 Å². The van der Waals surface area contributed by atoms with E-state index in [0.29, 0.717) is 30.4 Å². The molecule has 1 atom stereocenters. The second kappa shape index (κ2) is 7.49. The fourth-order valence-corrected chi connectivity index (χ4v) is 3.17. The number of nitrogens with zero attached hydrogens (tertiary/aromatic N) is 4. The molecule has 1 amide bonds. The van der Waals surface area contributed by atoms with Gasteiger partial charge < -0.3 is 10.2 Å². The summed E-state index contributed by atoms with van der Waals surface area (Å²) in [6, 6.07) is 13.1. The summed E-state index contributed by atoms with van der Waals surface area (Å²) in [6.07, 6.45) is 4.23. The molecule has 0 saturated carbocycles. The number of nitrogens with one attached hydrogen (secondary N) is 1. The fraction of sp³-hybridized carbons (Fsp3) is 0.200. The zero-order valence-corrected chi connectivity index (χ0v) is 14.5. The van der Waals surface area contributed by atoms with Gasteiger partial charge in [-0.2, -0.15) is 0 Å². The summed E-state index contributed by atoms with van der Waals surface area (Å²) in [7, 11) is 0. The normalized spacial score (nSPS) is 16.3. The van der Waals surface area contributed by atoms with Crippen LogP contribution in [0.25, 0.3) is 0 Å². The number of anilines is 2. The van der Waals surface area contributed by atoms with Crippen LogP contribution in [0.4, 0.5) is 16.2 Å². The van der Waals surface area contributed by atoms with Crippen LogP contribution in [-0.2, 0) is 0 Å². The summed E-state index contributed by atoms with van der Waals surface area (Å²) in [5, 5.41) is 3.08. The number of hydrogen-bond donors (Lipinski definition) is 1. The van der Waals surface area contributed by atoms with E-state index in [1.165, 1.54) is 24.3 Å². The van der Waals surface area contributed by atoms with Crippen LogP contribution in [0.5, 0.6) is 0 Å². The molecule has 1 N–H and O–H groups in total. The number of pyridine rings is 1. The second-order valence-electron chi connectivity index (χ2n) is 6.39. The number of benzene rings is 1. The number of rotatable bonds is 4. The van der Waals surface area contributed by atoms with Crippen LogP contribution in [0, 0.1) is 5.82 Å². The third kappa shape index (κ3) is 3.92. The Kier molecular flexibility index (Phi) is 4.74. The minimum Gasteiger partial charge on any atom is -0.338 e. The Bertz CT molecular complexity index is 933. The maximum absolute atomic E-state index is 13.1. The van der Waals surface area contributed by atoms with Crippen molar-refractivity contribution < 1.29 is 9.18 Å². The van der Waals surface area contributed by atoms with Crippen molar-refractivity contribution in [2.24, 2.45) is 0 Å². The molecular formula is C20H18FN5O. The van der Waals surface area contributed by atoms with Crippen molar-refractivity contribution in [2.45, 2.75) is 12.3 Å².